The van der Waals surface area contributed by atoms with Crippen LogP contribution in [0.15, 0.2) is 24.5 Å². The Morgan fingerprint density at radius 1 is 1.14 bits per heavy atom. The molecular formula is C14H17ClN6. The van der Waals surface area contributed by atoms with Crippen LogP contribution in [0.4, 0.5) is 11.9 Å². The van der Waals surface area contributed by atoms with Crippen LogP contribution in [-0.4, -0.2) is 33.0 Å². The van der Waals surface area contributed by atoms with E-state index >= 15 is 0 Å². The van der Waals surface area contributed by atoms with Crippen molar-refractivity contribution in [2.24, 2.45) is 0 Å². The molecule has 1 aliphatic rings. The predicted molar refractivity (Wildman–Crippen MR) is 82.6 cm³/mol. The van der Waals surface area contributed by atoms with Gasteiger partial charge in [0.2, 0.25) is 17.2 Å². The van der Waals surface area contributed by atoms with E-state index in [2.05, 4.69) is 30.2 Å². The maximum Gasteiger partial charge on any atom is 0.231 e. The number of rotatable bonds is 4. The maximum atomic E-state index is 6.02. The number of nitrogens with one attached hydrogen (secondary N) is 1. The van der Waals surface area contributed by atoms with E-state index in [1.165, 1.54) is 12.8 Å². The Hall–Kier alpha value is -1.95. The van der Waals surface area contributed by atoms with Crippen molar-refractivity contribution in [3.8, 4) is 0 Å². The fourth-order valence-electron chi connectivity index (χ4n) is 2.39. The lowest BCUT2D eigenvalue weighted by Crippen LogP contribution is -2.22. The van der Waals surface area contributed by atoms with Crippen molar-refractivity contribution in [1.29, 1.82) is 0 Å². The molecule has 0 amide bonds. The number of aromatic nitrogens is 4. The van der Waals surface area contributed by atoms with E-state index in [0.29, 0.717) is 11.9 Å². The van der Waals surface area contributed by atoms with Crippen molar-refractivity contribution < 1.29 is 0 Å². The van der Waals surface area contributed by atoms with E-state index in [0.717, 1.165) is 18.7 Å². The van der Waals surface area contributed by atoms with Crippen LogP contribution in [0.1, 0.15) is 31.4 Å². The molecule has 3 rings (SSSR count). The summed E-state index contributed by atoms with van der Waals surface area (Å²) in [7, 11) is 0. The minimum absolute atomic E-state index is 0.0675. The fourth-order valence-corrected chi connectivity index (χ4v) is 2.55. The first-order chi connectivity index (χ1) is 10.2. The van der Waals surface area contributed by atoms with Gasteiger partial charge in [-0.15, -0.1) is 0 Å². The second-order valence-corrected chi connectivity index (χ2v) is 5.41. The highest BCUT2D eigenvalue weighted by molar-refractivity contribution is 6.28. The van der Waals surface area contributed by atoms with Gasteiger partial charge < -0.3 is 10.2 Å². The van der Waals surface area contributed by atoms with E-state index in [4.69, 9.17) is 11.6 Å². The first-order valence-corrected chi connectivity index (χ1v) is 7.43. The van der Waals surface area contributed by atoms with Crippen LogP contribution in [0.5, 0.6) is 0 Å². The summed E-state index contributed by atoms with van der Waals surface area (Å²) in [5, 5.41) is 3.48. The molecule has 0 aliphatic carbocycles. The van der Waals surface area contributed by atoms with Crippen molar-refractivity contribution in [3.05, 3.63) is 35.4 Å². The molecule has 0 saturated carbocycles. The van der Waals surface area contributed by atoms with E-state index < -0.39 is 0 Å². The summed E-state index contributed by atoms with van der Waals surface area (Å²) in [6.45, 7) is 3.99. The van der Waals surface area contributed by atoms with Gasteiger partial charge in [-0.25, -0.2) is 0 Å². The Kier molecular flexibility index (Phi) is 4.15. The van der Waals surface area contributed by atoms with Crippen LogP contribution in [0.25, 0.3) is 0 Å². The molecule has 6 nitrogen and oxygen atoms in total. The third-order valence-electron chi connectivity index (χ3n) is 3.54. The van der Waals surface area contributed by atoms with Gasteiger partial charge in [0, 0.05) is 25.5 Å². The van der Waals surface area contributed by atoms with Crippen molar-refractivity contribution in [3.63, 3.8) is 0 Å². The first-order valence-electron chi connectivity index (χ1n) is 7.05. The van der Waals surface area contributed by atoms with Crippen LogP contribution in [0, 0.1) is 0 Å². The Labute approximate surface area is 128 Å². The molecule has 1 atom stereocenters. The number of pyridine rings is 1. The lowest BCUT2D eigenvalue weighted by molar-refractivity contribution is 0.832. The van der Waals surface area contributed by atoms with Crippen molar-refractivity contribution >= 4 is 23.5 Å². The molecule has 7 heteroatoms. The average Bonchev–Trinajstić information content (AvgIpc) is 3.02. The van der Waals surface area contributed by atoms with Gasteiger partial charge in [-0.3, -0.25) is 4.98 Å². The smallest absolute Gasteiger partial charge is 0.231 e. The second kappa shape index (κ2) is 6.22. The number of anilines is 2. The standard InChI is InChI=1S/C14H17ClN6/c1-10(11-4-6-16-7-5-11)17-13-18-12(15)19-14(20-13)21-8-2-3-9-21/h4-7,10H,2-3,8-9H2,1H3,(H,17,18,19,20). The molecule has 0 bridgehead atoms. The van der Waals surface area contributed by atoms with Crippen LogP contribution >= 0.6 is 11.6 Å². The van der Waals surface area contributed by atoms with E-state index in [1.54, 1.807) is 12.4 Å². The highest BCUT2D eigenvalue weighted by atomic mass is 35.5. The van der Waals surface area contributed by atoms with Gasteiger partial charge in [-0.05, 0) is 49.1 Å². The van der Waals surface area contributed by atoms with Crippen molar-refractivity contribution in [2.75, 3.05) is 23.3 Å². The molecule has 1 aliphatic heterocycles. The van der Waals surface area contributed by atoms with Gasteiger partial charge in [0.05, 0.1) is 6.04 Å². The number of hydrogen-bond acceptors (Lipinski definition) is 6. The Balaban J connectivity index is 1.78. The quantitative estimate of drug-likeness (QED) is 0.937. The van der Waals surface area contributed by atoms with Crippen LogP contribution in [0.2, 0.25) is 5.28 Å². The largest absolute Gasteiger partial charge is 0.348 e. The Morgan fingerprint density at radius 2 is 1.86 bits per heavy atom. The fraction of sp³-hybridized carbons (Fsp3) is 0.429. The Bertz CT molecular complexity index is 600. The van der Waals surface area contributed by atoms with Gasteiger partial charge in [0.1, 0.15) is 0 Å². The topological polar surface area (TPSA) is 66.8 Å². The van der Waals surface area contributed by atoms with Gasteiger partial charge in [0.15, 0.2) is 0 Å². The highest BCUT2D eigenvalue weighted by Crippen LogP contribution is 2.21. The van der Waals surface area contributed by atoms with Crippen molar-refractivity contribution in [2.45, 2.75) is 25.8 Å². The van der Waals surface area contributed by atoms with E-state index in [-0.39, 0.29) is 11.3 Å². The summed E-state index contributed by atoms with van der Waals surface area (Å²) in [4.78, 5) is 19.0. The molecule has 0 radical (unpaired) electrons. The monoisotopic (exact) mass is 304 g/mol. The molecule has 110 valence electrons. The highest BCUT2D eigenvalue weighted by Gasteiger charge is 2.17. The van der Waals surface area contributed by atoms with Gasteiger partial charge >= 0.3 is 0 Å². The molecular weight excluding hydrogens is 288 g/mol. The third kappa shape index (κ3) is 3.39. The molecule has 21 heavy (non-hydrogen) atoms. The normalized spacial score (nSPS) is 16.0. The molecule has 1 unspecified atom stereocenters. The average molecular weight is 305 g/mol. The van der Waals surface area contributed by atoms with Crippen LogP contribution in [0.3, 0.4) is 0 Å². The Morgan fingerprint density at radius 3 is 2.57 bits per heavy atom. The van der Waals surface area contributed by atoms with Crippen LogP contribution in [-0.2, 0) is 0 Å². The molecule has 2 aromatic heterocycles. The van der Waals surface area contributed by atoms with E-state index in [9.17, 15) is 0 Å². The second-order valence-electron chi connectivity index (χ2n) is 5.07. The zero-order chi connectivity index (χ0) is 14.7. The van der Waals surface area contributed by atoms with Gasteiger partial charge in [-0.2, -0.15) is 15.0 Å². The van der Waals surface area contributed by atoms with Gasteiger partial charge in [-0.1, -0.05) is 0 Å². The third-order valence-corrected chi connectivity index (χ3v) is 3.71. The zero-order valence-corrected chi connectivity index (χ0v) is 12.6. The van der Waals surface area contributed by atoms with Gasteiger partial charge in [0.25, 0.3) is 0 Å². The molecule has 1 N–H and O–H groups in total. The number of hydrogen-bond donors (Lipinski definition) is 1. The van der Waals surface area contributed by atoms with Crippen molar-refractivity contribution in [1.82, 2.24) is 19.9 Å². The summed E-state index contributed by atoms with van der Waals surface area (Å²) in [5.74, 6) is 1.15. The minimum atomic E-state index is 0.0675. The number of halogens is 1. The molecule has 0 aromatic carbocycles. The van der Waals surface area contributed by atoms with E-state index in [1.807, 2.05) is 19.1 Å². The lowest BCUT2D eigenvalue weighted by atomic mass is 10.1. The lowest BCUT2D eigenvalue weighted by Gasteiger charge is -2.18. The summed E-state index contributed by atoms with van der Waals surface area (Å²) in [6.07, 6.45) is 5.87. The molecule has 1 fully saturated rings. The van der Waals surface area contributed by atoms with Crippen LogP contribution < -0.4 is 10.2 Å². The minimum Gasteiger partial charge on any atom is -0.348 e. The maximum absolute atomic E-state index is 6.02. The molecule has 3 heterocycles. The molecule has 1 saturated heterocycles. The summed E-state index contributed by atoms with van der Waals surface area (Å²) in [6, 6.07) is 3.99. The zero-order valence-electron chi connectivity index (χ0n) is 11.8. The number of nitrogens with zero attached hydrogens (tertiary/aromatic N) is 5. The SMILES string of the molecule is CC(Nc1nc(Cl)nc(N2CCCC2)n1)c1ccncc1. The summed E-state index contributed by atoms with van der Waals surface area (Å²) >= 11 is 6.02. The summed E-state index contributed by atoms with van der Waals surface area (Å²) < 4.78 is 0. The molecule has 2 aromatic rings. The first kappa shape index (κ1) is 14.0. The predicted octanol–water partition coefficient (Wildman–Crippen LogP) is 2.69. The molecule has 0 spiro atoms. The summed E-state index contributed by atoms with van der Waals surface area (Å²) in [5.41, 5.74) is 1.12.